The summed E-state index contributed by atoms with van der Waals surface area (Å²) in [5.74, 6) is 0.239. The van der Waals surface area contributed by atoms with E-state index in [-0.39, 0.29) is 17.5 Å². The minimum absolute atomic E-state index is 0.0338. The maximum absolute atomic E-state index is 11.1. The van der Waals surface area contributed by atoms with Crippen molar-refractivity contribution in [3.05, 3.63) is 12.2 Å². The monoisotopic (exact) mass is 168 g/mol. The Morgan fingerprint density at radius 2 is 1.83 bits per heavy atom. The average Bonchev–Trinajstić information content (AvgIpc) is 2.00. The molecule has 0 rings (SSSR count). The molecule has 0 bridgehead atoms. The van der Waals surface area contributed by atoms with E-state index in [0.717, 1.165) is 0 Å². The third kappa shape index (κ3) is 4.83. The van der Waals surface area contributed by atoms with E-state index in [0.29, 0.717) is 12.8 Å². The van der Waals surface area contributed by atoms with Crippen molar-refractivity contribution in [2.75, 3.05) is 0 Å². The summed E-state index contributed by atoms with van der Waals surface area (Å²) in [5.41, 5.74) is 0. The Labute approximate surface area is 73.7 Å². The molecule has 2 nitrogen and oxygen atoms in total. The van der Waals surface area contributed by atoms with Gasteiger partial charge in [0.2, 0.25) is 0 Å². The fourth-order valence-electron chi connectivity index (χ4n) is 0.804. The smallest absolute Gasteiger partial charge is 0.155 e. The van der Waals surface area contributed by atoms with Gasteiger partial charge in [0, 0.05) is 18.8 Å². The van der Waals surface area contributed by atoms with E-state index < -0.39 is 0 Å². The Morgan fingerprint density at radius 3 is 2.25 bits per heavy atom. The Bertz CT molecular complexity index is 190. The second kappa shape index (κ2) is 5.70. The van der Waals surface area contributed by atoms with Gasteiger partial charge in [-0.05, 0) is 13.0 Å². The molecule has 0 N–H and O–H groups in total. The molecule has 0 aliphatic carbocycles. The van der Waals surface area contributed by atoms with Gasteiger partial charge in [-0.3, -0.25) is 9.59 Å². The maximum Gasteiger partial charge on any atom is 0.155 e. The van der Waals surface area contributed by atoms with Crippen LogP contribution in [-0.4, -0.2) is 11.6 Å². The summed E-state index contributed by atoms with van der Waals surface area (Å²) in [6.07, 6.45) is 3.93. The van der Waals surface area contributed by atoms with Crippen molar-refractivity contribution in [1.29, 1.82) is 0 Å². The van der Waals surface area contributed by atoms with Crippen LogP contribution in [-0.2, 0) is 9.59 Å². The molecule has 0 saturated heterocycles. The number of hydrogen-bond acceptors (Lipinski definition) is 2. The Balaban J connectivity index is 3.69. The lowest BCUT2D eigenvalue weighted by molar-refractivity contribution is -0.124. The molecular formula is C10H16O2. The van der Waals surface area contributed by atoms with E-state index in [1.54, 1.807) is 13.0 Å². The minimum atomic E-state index is 0.0338. The predicted molar refractivity (Wildman–Crippen MR) is 48.9 cm³/mol. The van der Waals surface area contributed by atoms with Gasteiger partial charge in [0.15, 0.2) is 5.78 Å². The standard InChI is InChI=1S/C10H16O2/c1-4-5-9(11)6-7-10(12)8(2)3/h4-5,8H,6-7H2,1-3H3/b5-4-. The lowest BCUT2D eigenvalue weighted by atomic mass is 10.0. The second-order valence-corrected chi connectivity index (χ2v) is 3.09. The number of ketones is 2. The van der Waals surface area contributed by atoms with Crippen LogP contribution < -0.4 is 0 Å². The van der Waals surface area contributed by atoms with Crippen LogP contribution in [0.2, 0.25) is 0 Å². The summed E-state index contributed by atoms with van der Waals surface area (Å²) in [7, 11) is 0. The minimum Gasteiger partial charge on any atom is -0.299 e. The number of Topliss-reactive ketones (excluding diaryl/α,β-unsaturated/α-hetero) is 1. The van der Waals surface area contributed by atoms with E-state index in [9.17, 15) is 9.59 Å². The first-order chi connectivity index (χ1) is 5.57. The SMILES string of the molecule is C/C=C\C(=O)CCC(=O)C(C)C. The first kappa shape index (κ1) is 11.1. The number of hydrogen-bond donors (Lipinski definition) is 0. The molecule has 68 valence electrons. The van der Waals surface area contributed by atoms with Gasteiger partial charge in [-0.1, -0.05) is 19.9 Å². The molecule has 0 unspecified atom stereocenters. The number of carbonyl (C=O) groups is 2. The molecule has 0 aromatic rings. The highest BCUT2D eigenvalue weighted by Gasteiger charge is 2.08. The molecule has 0 aliphatic heterocycles. The van der Waals surface area contributed by atoms with Crippen LogP contribution in [0.15, 0.2) is 12.2 Å². The van der Waals surface area contributed by atoms with Gasteiger partial charge < -0.3 is 0 Å². The fourth-order valence-corrected chi connectivity index (χ4v) is 0.804. The van der Waals surface area contributed by atoms with Gasteiger partial charge in [0.05, 0.1) is 0 Å². The molecule has 0 saturated carbocycles. The molecule has 0 amide bonds. The third-order valence-corrected chi connectivity index (χ3v) is 1.61. The highest BCUT2D eigenvalue weighted by atomic mass is 16.1. The van der Waals surface area contributed by atoms with Crippen LogP contribution in [0.1, 0.15) is 33.6 Å². The lowest BCUT2D eigenvalue weighted by Gasteiger charge is -2.00. The molecule has 2 heteroatoms. The zero-order valence-corrected chi connectivity index (χ0v) is 7.96. The van der Waals surface area contributed by atoms with E-state index in [1.165, 1.54) is 6.08 Å². The normalized spacial score (nSPS) is 11.0. The predicted octanol–water partition coefficient (Wildman–Crippen LogP) is 2.14. The Hall–Kier alpha value is -0.920. The average molecular weight is 168 g/mol. The van der Waals surface area contributed by atoms with E-state index in [1.807, 2.05) is 13.8 Å². The molecule has 0 aromatic carbocycles. The van der Waals surface area contributed by atoms with E-state index >= 15 is 0 Å². The number of carbonyl (C=O) groups excluding carboxylic acids is 2. The molecule has 0 spiro atoms. The molecule has 0 aliphatic rings. The zero-order chi connectivity index (χ0) is 9.56. The largest absolute Gasteiger partial charge is 0.299 e. The number of allylic oxidation sites excluding steroid dienone is 2. The van der Waals surface area contributed by atoms with Crippen molar-refractivity contribution in [2.24, 2.45) is 5.92 Å². The van der Waals surface area contributed by atoms with Gasteiger partial charge in [0.1, 0.15) is 5.78 Å². The van der Waals surface area contributed by atoms with Crippen molar-refractivity contribution in [3.8, 4) is 0 Å². The quantitative estimate of drug-likeness (QED) is 0.589. The summed E-state index contributed by atoms with van der Waals surface area (Å²) in [6, 6.07) is 0. The zero-order valence-electron chi connectivity index (χ0n) is 7.96. The summed E-state index contributed by atoms with van der Waals surface area (Å²) < 4.78 is 0. The van der Waals surface area contributed by atoms with Gasteiger partial charge in [-0.25, -0.2) is 0 Å². The van der Waals surface area contributed by atoms with Crippen LogP contribution in [0.5, 0.6) is 0 Å². The highest BCUT2D eigenvalue weighted by molar-refractivity contribution is 5.93. The van der Waals surface area contributed by atoms with Gasteiger partial charge in [-0.2, -0.15) is 0 Å². The van der Waals surface area contributed by atoms with E-state index in [4.69, 9.17) is 0 Å². The Kier molecular flexibility index (Phi) is 5.26. The fraction of sp³-hybridized carbons (Fsp3) is 0.600. The van der Waals surface area contributed by atoms with E-state index in [2.05, 4.69) is 0 Å². The molecule has 0 atom stereocenters. The van der Waals surface area contributed by atoms with Crippen molar-refractivity contribution in [1.82, 2.24) is 0 Å². The van der Waals surface area contributed by atoms with Gasteiger partial charge in [0.25, 0.3) is 0 Å². The third-order valence-electron chi connectivity index (χ3n) is 1.61. The second-order valence-electron chi connectivity index (χ2n) is 3.09. The maximum atomic E-state index is 11.1. The molecular weight excluding hydrogens is 152 g/mol. The highest BCUT2D eigenvalue weighted by Crippen LogP contribution is 2.02. The topological polar surface area (TPSA) is 34.1 Å². The molecule has 0 aromatic heterocycles. The molecule has 12 heavy (non-hydrogen) atoms. The summed E-state index contributed by atoms with van der Waals surface area (Å²) in [4.78, 5) is 22.0. The first-order valence-electron chi connectivity index (χ1n) is 4.26. The lowest BCUT2D eigenvalue weighted by Crippen LogP contribution is -2.08. The summed E-state index contributed by atoms with van der Waals surface area (Å²) >= 11 is 0. The van der Waals surface area contributed by atoms with Crippen molar-refractivity contribution >= 4 is 11.6 Å². The first-order valence-corrected chi connectivity index (χ1v) is 4.26. The van der Waals surface area contributed by atoms with Gasteiger partial charge >= 0.3 is 0 Å². The van der Waals surface area contributed by atoms with Crippen molar-refractivity contribution in [2.45, 2.75) is 33.6 Å². The van der Waals surface area contributed by atoms with Crippen LogP contribution in [0.3, 0.4) is 0 Å². The van der Waals surface area contributed by atoms with Crippen LogP contribution in [0, 0.1) is 5.92 Å². The van der Waals surface area contributed by atoms with Gasteiger partial charge in [-0.15, -0.1) is 0 Å². The van der Waals surface area contributed by atoms with Crippen molar-refractivity contribution in [3.63, 3.8) is 0 Å². The number of rotatable bonds is 5. The van der Waals surface area contributed by atoms with Crippen LogP contribution >= 0.6 is 0 Å². The van der Waals surface area contributed by atoms with Crippen molar-refractivity contribution < 1.29 is 9.59 Å². The summed E-state index contributed by atoms with van der Waals surface area (Å²) in [6.45, 7) is 5.49. The summed E-state index contributed by atoms with van der Waals surface area (Å²) in [5, 5.41) is 0. The van der Waals surface area contributed by atoms with Crippen LogP contribution in [0.25, 0.3) is 0 Å². The molecule has 0 fully saturated rings. The molecule has 0 heterocycles. The molecule has 0 radical (unpaired) electrons. The Morgan fingerprint density at radius 1 is 1.25 bits per heavy atom. The van der Waals surface area contributed by atoms with Crippen LogP contribution in [0.4, 0.5) is 0 Å².